The third kappa shape index (κ3) is 6.36. The summed E-state index contributed by atoms with van der Waals surface area (Å²) in [5.74, 6) is 0. The van der Waals surface area contributed by atoms with Gasteiger partial charge in [0, 0.05) is 34.1 Å². The van der Waals surface area contributed by atoms with Gasteiger partial charge < -0.3 is 10.6 Å². The van der Waals surface area contributed by atoms with Crippen LogP contribution in [0.25, 0.3) is 0 Å². The summed E-state index contributed by atoms with van der Waals surface area (Å²) in [6.07, 6.45) is 0. The van der Waals surface area contributed by atoms with Gasteiger partial charge in [0.15, 0.2) is 0 Å². The highest BCUT2D eigenvalue weighted by molar-refractivity contribution is 9.11. The second-order valence-corrected chi connectivity index (χ2v) is 7.20. The molecule has 0 saturated carbocycles. The molecule has 0 bridgehead atoms. The van der Waals surface area contributed by atoms with E-state index >= 15 is 0 Å². The molecule has 21 heavy (non-hydrogen) atoms. The molecule has 0 spiro atoms. The fourth-order valence-electron chi connectivity index (χ4n) is 2.17. The first-order valence-electron chi connectivity index (χ1n) is 7.07. The second kappa shape index (κ2) is 8.76. The number of amides is 2. The molecule has 0 saturated heterocycles. The van der Waals surface area contributed by atoms with E-state index in [9.17, 15) is 4.79 Å². The number of anilines is 1. The second-order valence-electron chi connectivity index (χ2n) is 5.43. The summed E-state index contributed by atoms with van der Waals surface area (Å²) in [4.78, 5) is 14.2. The van der Waals surface area contributed by atoms with E-state index in [1.54, 1.807) is 0 Å². The van der Waals surface area contributed by atoms with Crippen molar-refractivity contribution in [3.63, 3.8) is 0 Å². The van der Waals surface area contributed by atoms with Gasteiger partial charge in [0.1, 0.15) is 0 Å². The Hall–Kier alpha value is -0.590. The van der Waals surface area contributed by atoms with Crippen LogP contribution in [0.1, 0.15) is 27.7 Å². The Labute approximate surface area is 143 Å². The van der Waals surface area contributed by atoms with Gasteiger partial charge in [0.05, 0.1) is 5.69 Å². The zero-order valence-corrected chi connectivity index (χ0v) is 16.1. The molecule has 2 N–H and O–H groups in total. The number of carbonyl (C=O) groups is 1. The number of nitrogens with zero attached hydrogens (tertiary/aromatic N) is 1. The minimum absolute atomic E-state index is 0.189. The number of carbonyl (C=O) groups excluding carboxylic acids is 1. The third-order valence-electron chi connectivity index (χ3n) is 3.16. The van der Waals surface area contributed by atoms with Crippen molar-refractivity contribution in [1.29, 1.82) is 0 Å². The van der Waals surface area contributed by atoms with Gasteiger partial charge in [-0.3, -0.25) is 4.90 Å². The fourth-order valence-corrected chi connectivity index (χ4v) is 3.31. The molecule has 0 aliphatic carbocycles. The molecular weight excluding hydrogens is 398 g/mol. The predicted molar refractivity (Wildman–Crippen MR) is 95.8 cm³/mol. The van der Waals surface area contributed by atoms with E-state index in [1.807, 2.05) is 18.2 Å². The van der Waals surface area contributed by atoms with E-state index in [4.69, 9.17) is 0 Å². The van der Waals surface area contributed by atoms with Crippen LogP contribution in [0, 0.1) is 0 Å². The molecule has 1 aromatic rings. The average Bonchev–Trinajstić information content (AvgIpc) is 2.37. The Morgan fingerprint density at radius 3 is 2.33 bits per heavy atom. The molecule has 0 aliphatic rings. The van der Waals surface area contributed by atoms with Crippen LogP contribution >= 0.6 is 31.9 Å². The number of nitrogens with one attached hydrogen (secondary N) is 2. The molecule has 4 nitrogen and oxygen atoms in total. The van der Waals surface area contributed by atoms with E-state index in [1.165, 1.54) is 0 Å². The maximum atomic E-state index is 11.9. The summed E-state index contributed by atoms with van der Waals surface area (Å²) in [7, 11) is 0. The van der Waals surface area contributed by atoms with E-state index in [-0.39, 0.29) is 6.03 Å². The van der Waals surface area contributed by atoms with E-state index in [2.05, 4.69) is 75.1 Å². The topological polar surface area (TPSA) is 44.4 Å². The number of benzene rings is 1. The Balaban J connectivity index is 2.44. The maximum Gasteiger partial charge on any atom is 0.319 e. The quantitative estimate of drug-likeness (QED) is 0.713. The first-order valence-corrected chi connectivity index (χ1v) is 8.65. The van der Waals surface area contributed by atoms with Gasteiger partial charge in [-0.1, -0.05) is 15.9 Å². The van der Waals surface area contributed by atoms with Crippen molar-refractivity contribution >= 4 is 43.6 Å². The fraction of sp³-hybridized carbons (Fsp3) is 0.533. The average molecular weight is 421 g/mol. The van der Waals surface area contributed by atoms with Crippen molar-refractivity contribution in [3.8, 4) is 0 Å². The minimum Gasteiger partial charge on any atom is -0.337 e. The van der Waals surface area contributed by atoms with E-state index < -0.39 is 0 Å². The van der Waals surface area contributed by atoms with Gasteiger partial charge in [-0.05, 0) is 61.8 Å². The molecule has 0 unspecified atom stereocenters. The van der Waals surface area contributed by atoms with Crippen LogP contribution in [-0.4, -0.2) is 36.1 Å². The standard InChI is InChI=1S/C15H23Br2N3O/c1-10(2)20(11(3)4)8-7-18-15(21)19-14-6-5-12(16)9-13(14)17/h5-6,9-11H,7-8H2,1-4H3,(H2,18,19,21). The lowest BCUT2D eigenvalue weighted by Gasteiger charge is -2.30. The first kappa shape index (κ1) is 18.5. The van der Waals surface area contributed by atoms with Crippen LogP contribution in [-0.2, 0) is 0 Å². The van der Waals surface area contributed by atoms with Crippen LogP contribution in [0.3, 0.4) is 0 Å². The van der Waals surface area contributed by atoms with Gasteiger partial charge in [-0.2, -0.15) is 0 Å². The maximum absolute atomic E-state index is 11.9. The molecule has 1 aromatic carbocycles. The zero-order valence-electron chi connectivity index (χ0n) is 12.9. The highest BCUT2D eigenvalue weighted by Gasteiger charge is 2.13. The lowest BCUT2D eigenvalue weighted by molar-refractivity contribution is 0.176. The molecular formula is C15H23Br2N3O. The third-order valence-corrected chi connectivity index (χ3v) is 4.31. The minimum atomic E-state index is -0.189. The molecule has 0 atom stereocenters. The molecule has 0 aromatic heterocycles. The summed E-state index contributed by atoms with van der Waals surface area (Å²) in [5, 5.41) is 5.72. The highest BCUT2D eigenvalue weighted by atomic mass is 79.9. The van der Waals surface area contributed by atoms with Crippen molar-refractivity contribution in [2.24, 2.45) is 0 Å². The van der Waals surface area contributed by atoms with Crippen molar-refractivity contribution < 1.29 is 4.79 Å². The van der Waals surface area contributed by atoms with Crippen LogP contribution in [0.15, 0.2) is 27.1 Å². The van der Waals surface area contributed by atoms with Crippen molar-refractivity contribution in [2.75, 3.05) is 18.4 Å². The van der Waals surface area contributed by atoms with Crippen molar-refractivity contribution in [3.05, 3.63) is 27.1 Å². The van der Waals surface area contributed by atoms with Gasteiger partial charge >= 0.3 is 6.03 Å². The van der Waals surface area contributed by atoms with Gasteiger partial charge in [-0.15, -0.1) is 0 Å². The van der Waals surface area contributed by atoms with Crippen LogP contribution < -0.4 is 10.6 Å². The van der Waals surface area contributed by atoms with Crippen molar-refractivity contribution in [1.82, 2.24) is 10.2 Å². The smallest absolute Gasteiger partial charge is 0.319 e. The molecule has 2 amide bonds. The number of rotatable bonds is 6. The Kier molecular flexibility index (Phi) is 7.70. The zero-order chi connectivity index (χ0) is 16.0. The normalized spacial score (nSPS) is 11.3. The molecule has 6 heteroatoms. The Morgan fingerprint density at radius 2 is 1.81 bits per heavy atom. The van der Waals surface area contributed by atoms with Crippen LogP contribution in [0.4, 0.5) is 10.5 Å². The number of hydrogen-bond acceptors (Lipinski definition) is 2. The number of urea groups is 1. The number of hydrogen-bond donors (Lipinski definition) is 2. The summed E-state index contributed by atoms with van der Waals surface area (Å²) >= 11 is 6.81. The number of halogens is 2. The molecule has 0 heterocycles. The lowest BCUT2D eigenvalue weighted by atomic mass is 10.2. The summed E-state index contributed by atoms with van der Waals surface area (Å²) in [5.41, 5.74) is 0.750. The van der Waals surface area contributed by atoms with Crippen LogP contribution in [0.2, 0.25) is 0 Å². The summed E-state index contributed by atoms with van der Waals surface area (Å²) in [6.45, 7) is 10.1. The Morgan fingerprint density at radius 1 is 1.19 bits per heavy atom. The molecule has 0 fully saturated rings. The van der Waals surface area contributed by atoms with Gasteiger partial charge in [0.25, 0.3) is 0 Å². The SMILES string of the molecule is CC(C)N(CCNC(=O)Nc1ccc(Br)cc1Br)C(C)C. The largest absolute Gasteiger partial charge is 0.337 e. The molecule has 118 valence electrons. The van der Waals surface area contributed by atoms with Crippen molar-refractivity contribution in [2.45, 2.75) is 39.8 Å². The Bertz CT molecular complexity index is 470. The lowest BCUT2D eigenvalue weighted by Crippen LogP contribution is -2.43. The molecule has 0 aliphatic heterocycles. The van der Waals surface area contributed by atoms with Gasteiger partial charge in [-0.25, -0.2) is 4.79 Å². The highest BCUT2D eigenvalue weighted by Crippen LogP contribution is 2.25. The van der Waals surface area contributed by atoms with Crippen LogP contribution in [0.5, 0.6) is 0 Å². The van der Waals surface area contributed by atoms with Gasteiger partial charge in [0.2, 0.25) is 0 Å². The molecule has 0 radical (unpaired) electrons. The molecule has 1 rings (SSSR count). The summed E-state index contributed by atoms with van der Waals surface area (Å²) < 4.78 is 1.81. The van der Waals surface area contributed by atoms with E-state index in [0.29, 0.717) is 18.6 Å². The summed E-state index contributed by atoms with van der Waals surface area (Å²) in [6, 6.07) is 6.38. The first-order chi connectivity index (χ1) is 9.81. The predicted octanol–water partition coefficient (Wildman–Crippen LogP) is 4.45. The monoisotopic (exact) mass is 419 g/mol. The van der Waals surface area contributed by atoms with E-state index in [0.717, 1.165) is 21.2 Å².